The van der Waals surface area contributed by atoms with E-state index in [2.05, 4.69) is 9.88 Å². The molecule has 5 nitrogen and oxygen atoms in total. The molecule has 5 heteroatoms. The van der Waals surface area contributed by atoms with Crippen LogP contribution >= 0.6 is 0 Å². The highest BCUT2D eigenvalue weighted by molar-refractivity contribution is 6.06. The number of aliphatic hydroxyl groups excluding tert-OH is 1. The van der Waals surface area contributed by atoms with Crippen LogP contribution in [0.2, 0.25) is 0 Å². The summed E-state index contributed by atoms with van der Waals surface area (Å²) in [7, 11) is 0. The van der Waals surface area contributed by atoms with Gasteiger partial charge in [0.15, 0.2) is 0 Å². The molecule has 2 aromatic rings. The quantitative estimate of drug-likeness (QED) is 0.934. The average Bonchev–Trinajstić information content (AvgIpc) is 2.61. The van der Waals surface area contributed by atoms with Gasteiger partial charge in [-0.1, -0.05) is 19.1 Å². The molecule has 1 aliphatic rings. The van der Waals surface area contributed by atoms with E-state index < -0.39 is 0 Å². The van der Waals surface area contributed by atoms with Gasteiger partial charge >= 0.3 is 0 Å². The molecule has 23 heavy (non-hydrogen) atoms. The molecule has 1 aromatic heterocycles. The Kier molecular flexibility index (Phi) is 4.88. The Morgan fingerprint density at radius 1 is 1.22 bits per heavy atom. The van der Waals surface area contributed by atoms with E-state index in [4.69, 9.17) is 0 Å². The molecule has 0 aliphatic carbocycles. The number of carbonyl (C=O) groups is 1. The lowest BCUT2D eigenvalue weighted by Crippen LogP contribution is -2.50. The van der Waals surface area contributed by atoms with Crippen molar-refractivity contribution in [1.29, 1.82) is 0 Å². The Morgan fingerprint density at radius 3 is 2.74 bits per heavy atom. The van der Waals surface area contributed by atoms with Crippen LogP contribution in [0.1, 0.15) is 23.7 Å². The van der Waals surface area contributed by atoms with Crippen molar-refractivity contribution in [3.63, 3.8) is 0 Å². The van der Waals surface area contributed by atoms with E-state index in [1.807, 2.05) is 42.2 Å². The van der Waals surface area contributed by atoms with Crippen molar-refractivity contribution >= 4 is 16.8 Å². The summed E-state index contributed by atoms with van der Waals surface area (Å²) in [6, 6.07) is 9.50. The molecule has 1 aromatic carbocycles. The number of β-amino-alcohol motifs (C(OH)–C–C–N with tert-alkyl or cyclic N) is 1. The van der Waals surface area contributed by atoms with Crippen molar-refractivity contribution in [2.75, 3.05) is 32.7 Å². The number of fused-ring (bicyclic) bond motifs is 1. The average molecular weight is 313 g/mol. The van der Waals surface area contributed by atoms with Gasteiger partial charge in [0.1, 0.15) is 0 Å². The highest BCUT2D eigenvalue weighted by Crippen LogP contribution is 2.19. The summed E-state index contributed by atoms with van der Waals surface area (Å²) in [5, 5.41) is 10.7. The van der Waals surface area contributed by atoms with Crippen molar-refractivity contribution in [2.45, 2.75) is 19.4 Å². The minimum Gasteiger partial charge on any atom is -0.392 e. The molecule has 122 valence electrons. The zero-order valence-corrected chi connectivity index (χ0v) is 13.5. The minimum absolute atomic E-state index is 0.0688. The minimum atomic E-state index is -0.276. The lowest BCUT2D eigenvalue weighted by atomic mass is 10.1. The van der Waals surface area contributed by atoms with E-state index in [0.717, 1.165) is 36.0 Å². The van der Waals surface area contributed by atoms with Crippen molar-refractivity contribution < 1.29 is 9.90 Å². The number of aliphatic hydroxyl groups is 1. The van der Waals surface area contributed by atoms with Gasteiger partial charge in [0.2, 0.25) is 0 Å². The van der Waals surface area contributed by atoms with Gasteiger partial charge in [-0.15, -0.1) is 0 Å². The topological polar surface area (TPSA) is 56.7 Å². The van der Waals surface area contributed by atoms with Gasteiger partial charge in [-0.25, -0.2) is 0 Å². The Balaban J connectivity index is 1.70. The summed E-state index contributed by atoms with van der Waals surface area (Å²) >= 11 is 0. The molecule has 0 radical (unpaired) electrons. The van der Waals surface area contributed by atoms with Crippen LogP contribution in [-0.2, 0) is 0 Å². The maximum absolute atomic E-state index is 12.8. The van der Waals surface area contributed by atoms with Crippen LogP contribution in [0.5, 0.6) is 0 Å². The second-order valence-electron chi connectivity index (χ2n) is 6.03. The van der Waals surface area contributed by atoms with Gasteiger partial charge in [-0.05, 0) is 24.6 Å². The number of amides is 1. The normalized spacial score (nSPS) is 17.4. The Labute approximate surface area is 136 Å². The highest BCUT2D eigenvalue weighted by atomic mass is 16.3. The maximum atomic E-state index is 12.8. The van der Waals surface area contributed by atoms with Crippen molar-refractivity contribution in [2.24, 2.45) is 0 Å². The van der Waals surface area contributed by atoms with Crippen LogP contribution < -0.4 is 0 Å². The molecule has 2 heterocycles. The Bertz CT molecular complexity index is 676. The van der Waals surface area contributed by atoms with Crippen molar-refractivity contribution in [1.82, 2.24) is 14.8 Å². The van der Waals surface area contributed by atoms with Gasteiger partial charge in [0.05, 0.1) is 11.6 Å². The third kappa shape index (κ3) is 3.51. The molecule has 0 bridgehead atoms. The van der Waals surface area contributed by atoms with Crippen LogP contribution in [0, 0.1) is 0 Å². The van der Waals surface area contributed by atoms with Crippen molar-refractivity contribution in [3.05, 3.63) is 42.1 Å². The first kappa shape index (κ1) is 15.9. The highest BCUT2D eigenvalue weighted by Gasteiger charge is 2.24. The lowest BCUT2D eigenvalue weighted by molar-refractivity contribution is 0.0525. The number of nitrogens with zero attached hydrogens (tertiary/aromatic N) is 3. The summed E-state index contributed by atoms with van der Waals surface area (Å²) in [6.07, 6.45) is 2.23. The number of hydrogen-bond donors (Lipinski definition) is 1. The van der Waals surface area contributed by atoms with E-state index in [0.29, 0.717) is 19.6 Å². The summed E-state index contributed by atoms with van der Waals surface area (Å²) < 4.78 is 0. The molecular formula is C18H23N3O2. The van der Waals surface area contributed by atoms with Gasteiger partial charge in [0, 0.05) is 49.9 Å². The first-order valence-corrected chi connectivity index (χ1v) is 8.22. The molecular weight excluding hydrogens is 290 g/mol. The second-order valence-corrected chi connectivity index (χ2v) is 6.03. The largest absolute Gasteiger partial charge is 0.392 e. The van der Waals surface area contributed by atoms with Gasteiger partial charge < -0.3 is 10.0 Å². The van der Waals surface area contributed by atoms with Crippen LogP contribution in [-0.4, -0.2) is 64.6 Å². The monoisotopic (exact) mass is 313 g/mol. The predicted molar refractivity (Wildman–Crippen MR) is 90.4 cm³/mol. The fourth-order valence-corrected chi connectivity index (χ4v) is 3.02. The zero-order valence-electron chi connectivity index (χ0n) is 13.5. The summed E-state index contributed by atoms with van der Waals surface area (Å²) in [5.41, 5.74) is 1.57. The number of piperazine rings is 1. The molecule has 1 aliphatic heterocycles. The molecule has 0 saturated carbocycles. The molecule has 0 spiro atoms. The maximum Gasteiger partial charge on any atom is 0.254 e. The van der Waals surface area contributed by atoms with Gasteiger partial charge in [-0.2, -0.15) is 0 Å². The van der Waals surface area contributed by atoms with Gasteiger partial charge in [-0.3, -0.25) is 14.7 Å². The van der Waals surface area contributed by atoms with E-state index in [1.165, 1.54) is 0 Å². The molecule has 1 saturated heterocycles. The fourth-order valence-electron chi connectivity index (χ4n) is 3.02. The zero-order chi connectivity index (χ0) is 16.2. The Morgan fingerprint density at radius 2 is 2.00 bits per heavy atom. The molecule has 1 fully saturated rings. The summed E-state index contributed by atoms with van der Waals surface area (Å²) in [4.78, 5) is 21.3. The molecule has 0 unspecified atom stereocenters. The number of aromatic nitrogens is 1. The second kappa shape index (κ2) is 7.06. The summed E-state index contributed by atoms with van der Waals surface area (Å²) in [6.45, 7) is 5.70. The third-order valence-corrected chi connectivity index (χ3v) is 4.48. The fraction of sp³-hybridized carbons (Fsp3) is 0.444. The lowest BCUT2D eigenvalue weighted by Gasteiger charge is -2.35. The Hall–Kier alpha value is -1.98. The van der Waals surface area contributed by atoms with E-state index in [-0.39, 0.29) is 12.0 Å². The smallest absolute Gasteiger partial charge is 0.254 e. The third-order valence-electron chi connectivity index (χ3n) is 4.48. The molecule has 1 atom stereocenters. The predicted octanol–water partition coefficient (Wildman–Crippen LogP) is 1.76. The van der Waals surface area contributed by atoms with E-state index in [9.17, 15) is 9.90 Å². The first-order valence-electron chi connectivity index (χ1n) is 8.22. The molecule has 1 amide bonds. The number of benzene rings is 1. The molecule has 3 rings (SSSR count). The number of pyridine rings is 1. The van der Waals surface area contributed by atoms with E-state index >= 15 is 0 Å². The first-order chi connectivity index (χ1) is 11.2. The van der Waals surface area contributed by atoms with Crippen molar-refractivity contribution in [3.8, 4) is 0 Å². The number of carbonyl (C=O) groups excluding carboxylic acids is 1. The standard InChI is InChI=1S/C18H23N3O2/c1-2-14(22)13-20-9-11-21(12-10-20)18(23)16-5-3-7-17-15(16)6-4-8-19-17/h3-8,14,22H,2,9-13H2,1H3/t14-/m0/s1. The number of hydrogen-bond acceptors (Lipinski definition) is 4. The van der Waals surface area contributed by atoms with Crippen LogP contribution in [0.3, 0.4) is 0 Å². The van der Waals surface area contributed by atoms with E-state index in [1.54, 1.807) is 6.20 Å². The van der Waals surface area contributed by atoms with Crippen LogP contribution in [0.4, 0.5) is 0 Å². The van der Waals surface area contributed by atoms with Crippen LogP contribution in [0.25, 0.3) is 10.9 Å². The summed E-state index contributed by atoms with van der Waals surface area (Å²) in [5.74, 6) is 0.0688. The van der Waals surface area contributed by atoms with Gasteiger partial charge in [0.25, 0.3) is 5.91 Å². The van der Waals surface area contributed by atoms with Crippen LogP contribution in [0.15, 0.2) is 36.5 Å². The number of rotatable bonds is 4. The SMILES string of the molecule is CC[C@H](O)CN1CCN(C(=O)c2cccc3ncccc23)CC1. The molecule has 1 N–H and O–H groups in total.